The minimum atomic E-state index is -0.342. The van der Waals surface area contributed by atoms with Crippen molar-refractivity contribution in [1.82, 2.24) is 0 Å². The fraction of sp³-hybridized carbons (Fsp3) is 1.00. The number of fused-ring (bicyclic) bond motifs is 2. The number of rotatable bonds is 2. The molecule has 3 unspecified atom stereocenters. The molecule has 0 aromatic heterocycles. The fourth-order valence-corrected chi connectivity index (χ4v) is 2.26. The van der Waals surface area contributed by atoms with Crippen LogP contribution >= 0.6 is 0 Å². The van der Waals surface area contributed by atoms with Crippen LogP contribution in [0.5, 0.6) is 0 Å². The zero-order valence-electron chi connectivity index (χ0n) is 6.57. The van der Waals surface area contributed by atoms with Gasteiger partial charge in [-0.25, -0.2) is 0 Å². The highest BCUT2D eigenvalue weighted by molar-refractivity contribution is 4.92. The van der Waals surface area contributed by atoms with Crippen LogP contribution in [0.4, 0.5) is 0 Å². The normalized spacial score (nSPS) is 44.7. The highest BCUT2D eigenvalue weighted by atomic mass is 16.5. The zero-order chi connectivity index (χ0) is 7.84. The van der Waals surface area contributed by atoms with Crippen LogP contribution in [0.1, 0.15) is 19.3 Å². The van der Waals surface area contributed by atoms with Gasteiger partial charge in [0.2, 0.25) is 0 Å². The molecule has 0 amide bonds. The van der Waals surface area contributed by atoms with Crippen LogP contribution in [-0.2, 0) is 4.74 Å². The molecule has 0 aromatic rings. The summed E-state index contributed by atoms with van der Waals surface area (Å²) in [5, 5.41) is 9.47. The smallest absolute Gasteiger partial charge is 0.0716 e. The van der Waals surface area contributed by atoms with Crippen LogP contribution in [0, 0.1) is 5.92 Å². The van der Waals surface area contributed by atoms with Crippen LogP contribution in [0.15, 0.2) is 0 Å². The summed E-state index contributed by atoms with van der Waals surface area (Å²) in [7, 11) is 0. The molecule has 0 aliphatic carbocycles. The molecule has 2 rings (SSSR count). The second kappa shape index (κ2) is 2.73. The summed E-state index contributed by atoms with van der Waals surface area (Å²) < 4.78 is 5.59. The average molecular weight is 157 g/mol. The van der Waals surface area contributed by atoms with Gasteiger partial charge in [0.15, 0.2) is 0 Å². The topological polar surface area (TPSA) is 55.5 Å². The van der Waals surface area contributed by atoms with E-state index in [0.717, 1.165) is 12.8 Å². The molecule has 0 radical (unpaired) electrons. The van der Waals surface area contributed by atoms with Crippen molar-refractivity contribution in [2.45, 2.75) is 37.6 Å². The predicted molar refractivity (Wildman–Crippen MR) is 41.1 cm³/mol. The third-order valence-electron chi connectivity index (χ3n) is 2.89. The number of ether oxygens (including phenoxy) is 1. The van der Waals surface area contributed by atoms with Gasteiger partial charge in [0.25, 0.3) is 0 Å². The number of hydrogen-bond donors (Lipinski definition) is 2. The summed E-state index contributed by atoms with van der Waals surface area (Å²) in [5.74, 6) is 0.318. The first-order chi connectivity index (χ1) is 5.31. The Labute approximate surface area is 66.5 Å². The third-order valence-corrected chi connectivity index (χ3v) is 2.89. The van der Waals surface area contributed by atoms with Gasteiger partial charge in [-0.2, -0.15) is 0 Å². The lowest BCUT2D eigenvalue weighted by Gasteiger charge is -2.22. The van der Waals surface area contributed by atoms with Crippen molar-refractivity contribution in [1.29, 1.82) is 0 Å². The molecule has 2 heterocycles. The Morgan fingerprint density at radius 3 is 2.82 bits per heavy atom. The van der Waals surface area contributed by atoms with Gasteiger partial charge in [0.1, 0.15) is 0 Å². The van der Waals surface area contributed by atoms with Gasteiger partial charge in [0, 0.05) is 12.5 Å². The Bertz CT molecular complexity index is 151. The SMILES string of the molecule is NC[C@@H](O)C1CC2CCC1O2. The monoisotopic (exact) mass is 157 g/mol. The largest absolute Gasteiger partial charge is 0.391 e. The lowest BCUT2D eigenvalue weighted by Crippen LogP contribution is -2.34. The van der Waals surface area contributed by atoms with Crippen molar-refractivity contribution in [2.24, 2.45) is 11.7 Å². The maximum absolute atomic E-state index is 9.47. The lowest BCUT2D eigenvalue weighted by molar-refractivity contribution is 0.0469. The van der Waals surface area contributed by atoms with Gasteiger partial charge >= 0.3 is 0 Å². The third kappa shape index (κ3) is 1.17. The molecule has 0 spiro atoms. The van der Waals surface area contributed by atoms with Gasteiger partial charge in [-0.05, 0) is 19.3 Å². The van der Waals surface area contributed by atoms with Crippen LogP contribution in [-0.4, -0.2) is 30.0 Å². The summed E-state index contributed by atoms with van der Waals surface area (Å²) in [6, 6.07) is 0. The molecule has 2 bridgehead atoms. The summed E-state index contributed by atoms with van der Waals surface area (Å²) in [4.78, 5) is 0. The first-order valence-corrected chi connectivity index (χ1v) is 4.35. The maximum atomic E-state index is 9.47. The Hall–Kier alpha value is -0.120. The molecule has 4 atom stereocenters. The molecular formula is C8H15NO2. The van der Waals surface area contributed by atoms with Crippen LogP contribution in [0.25, 0.3) is 0 Å². The summed E-state index contributed by atoms with van der Waals surface area (Å²) >= 11 is 0. The van der Waals surface area contributed by atoms with Crippen molar-refractivity contribution in [3.05, 3.63) is 0 Å². The molecule has 3 heteroatoms. The van der Waals surface area contributed by atoms with E-state index in [4.69, 9.17) is 10.5 Å². The van der Waals surface area contributed by atoms with Crippen molar-refractivity contribution in [3.8, 4) is 0 Å². The second-order valence-electron chi connectivity index (χ2n) is 3.58. The van der Waals surface area contributed by atoms with E-state index < -0.39 is 0 Å². The number of hydrogen-bond acceptors (Lipinski definition) is 3. The van der Waals surface area contributed by atoms with Crippen LogP contribution in [0.2, 0.25) is 0 Å². The van der Waals surface area contributed by atoms with Crippen LogP contribution < -0.4 is 5.73 Å². The Balaban J connectivity index is 1.96. The van der Waals surface area contributed by atoms with E-state index in [1.807, 2.05) is 0 Å². The quantitative estimate of drug-likeness (QED) is 0.587. The molecule has 2 aliphatic rings. The molecule has 2 aliphatic heterocycles. The maximum Gasteiger partial charge on any atom is 0.0716 e. The van der Waals surface area contributed by atoms with Gasteiger partial charge in [-0.15, -0.1) is 0 Å². The van der Waals surface area contributed by atoms with Crippen molar-refractivity contribution in [3.63, 3.8) is 0 Å². The first kappa shape index (κ1) is 7.53. The van der Waals surface area contributed by atoms with E-state index in [1.165, 1.54) is 6.42 Å². The van der Waals surface area contributed by atoms with Gasteiger partial charge in [0.05, 0.1) is 18.3 Å². The highest BCUT2D eigenvalue weighted by Gasteiger charge is 2.43. The minimum absolute atomic E-state index is 0.304. The second-order valence-corrected chi connectivity index (χ2v) is 3.58. The Morgan fingerprint density at radius 2 is 2.36 bits per heavy atom. The Morgan fingerprint density at radius 1 is 1.55 bits per heavy atom. The van der Waals surface area contributed by atoms with E-state index in [1.54, 1.807) is 0 Å². The molecule has 2 fully saturated rings. The molecule has 2 saturated heterocycles. The molecule has 0 aromatic carbocycles. The number of nitrogens with two attached hydrogens (primary N) is 1. The molecule has 3 N–H and O–H groups in total. The van der Waals surface area contributed by atoms with Gasteiger partial charge < -0.3 is 15.6 Å². The molecule has 11 heavy (non-hydrogen) atoms. The summed E-state index contributed by atoms with van der Waals surface area (Å²) in [5.41, 5.74) is 5.38. The molecule has 0 saturated carbocycles. The molecule has 3 nitrogen and oxygen atoms in total. The molecule has 64 valence electrons. The highest BCUT2D eigenvalue weighted by Crippen LogP contribution is 2.40. The number of aliphatic hydroxyl groups excluding tert-OH is 1. The van der Waals surface area contributed by atoms with Crippen molar-refractivity contribution < 1.29 is 9.84 Å². The van der Waals surface area contributed by atoms with E-state index in [-0.39, 0.29) is 6.10 Å². The average Bonchev–Trinajstić information content (AvgIpc) is 2.62. The van der Waals surface area contributed by atoms with Crippen molar-refractivity contribution >= 4 is 0 Å². The minimum Gasteiger partial charge on any atom is -0.391 e. The van der Waals surface area contributed by atoms with E-state index in [0.29, 0.717) is 24.7 Å². The van der Waals surface area contributed by atoms with E-state index in [9.17, 15) is 5.11 Å². The van der Waals surface area contributed by atoms with Gasteiger partial charge in [-0.1, -0.05) is 0 Å². The van der Waals surface area contributed by atoms with E-state index in [2.05, 4.69) is 0 Å². The fourth-order valence-electron chi connectivity index (χ4n) is 2.26. The zero-order valence-corrected chi connectivity index (χ0v) is 6.57. The predicted octanol–water partition coefficient (Wildman–Crippen LogP) is -0.127. The van der Waals surface area contributed by atoms with Crippen LogP contribution in [0.3, 0.4) is 0 Å². The lowest BCUT2D eigenvalue weighted by atomic mass is 9.85. The summed E-state index contributed by atoms with van der Waals surface area (Å²) in [6.45, 7) is 0.372. The molecular weight excluding hydrogens is 142 g/mol. The number of aliphatic hydroxyl groups is 1. The van der Waals surface area contributed by atoms with E-state index >= 15 is 0 Å². The van der Waals surface area contributed by atoms with Crippen molar-refractivity contribution in [2.75, 3.05) is 6.54 Å². The van der Waals surface area contributed by atoms with Gasteiger partial charge in [-0.3, -0.25) is 0 Å². The first-order valence-electron chi connectivity index (χ1n) is 4.35. The standard InChI is InChI=1S/C8H15NO2/c9-4-7(10)6-3-5-1-2-8(6)11-5/h5-8,10H,1-4,9H2/t5?,6?,7-,8?/m1/s1. The summed E-state index contributed by atoms with van der Waals surface area (Å²) in [6.07, 6.45) is 3.70. The Kier molecular flexibility index (Phi) is 1.87.